The molecule has 13 heteroatoms. The molecule has 68 heavy (non-hydrogen) atoms. The topological polar surface area (TPSA) is 192 Å². The van der Waals surface area contributed by atoms with E-state index in [1.165, 1.54) is 96.3 Å². The van der Waals surface area contributed by atoms with E-state index in [1.54, 1.807) is 0 Å². The lowest BCUT2D eigenvalue weighted by atomic mass is 9.85. The van der Waals surface area contributed by atoms with Gasteiger partial charge in [0.2, 0.25) is 0 Å². The van der Waals surface area contributed by atoms with Gasteiger partial charge in [0.05, 0.1) is 13.2 Å². The quantitative estimate of drug-likeness (QED) is 0.0147. The van der Waals surface area contributed by atoms with Crippen molar-refractivity contribution in [1.82, 2.24) is 0 Å². The molecule has 0 bridgehead atoms. The molecule has 6 N–H and O–H groups in total. The highest BCUT2D eigenvalue weighted by molar-refractivity contribution is 7.47. The molecule has 394 valence electrons. The average molecular weight is 981 g/mol. The van der Waals surface area contributed by atoms with E-state index in [4.69, 9.17) is 18.5 Å². The number of hydrogen-bond donors (Lipinski definition) is 6. The maximum atomic E-state index is 12.9. The molecule has 0 aromatic carbocycles. The van der Waals surface area contributed by atoms with E-state index in [2.05, 4.69) is 86.8 Å². The van der Waals surface area contributed by atoms with E-state index in [0.29, 0.717) is 13.0 Å². The largest absolute Gasteiger partial charge is 0.472 e. The van der Waals surface area contributed by atoms with Crippen LogP contribution in [0.5, 0.6) is 0 Å². The van der Waals surface area contributed by atoms with E-state index < -0.39 is 63.1 Å². The van der Waals surface area contributed by atoms with E-state index >= 15 is 0 Å². The predicted molar refractivity (Wildman–Crippen MR) is 276 cm³/mol. The summed E-state index contributed by atoms with van der Waals surface area (Å²) in [6, 6.07) is 0. The van der Waals surface area contributed by atoms with Crippen molar-refractivity contribution in [2.75, 3.05) is 19.8 Å². The molecule has 1 aliphatic rings. The number of phosphoric ester groups is 1. The van der Waals surface area contributed by atoms with Crippen LogP contribution in [0.3, 0.4) is 0 Å². The molecular formula is C55H97O12P. The Kier molecular flexibility index (Phi) is 41.9. The van der Waals surface area contributed by atoms with E-state index in [-0.39, 0.29) is 13.0 Å². The van der Waals surface area contributed by atoms with E-state index in [9.17, 15) is 39.8 Å². The first kappa shape index (κ1) is 63.8. The Hall–Kier alpha value is -2.22. The molecule has 0 spiro atoms. The van der Waals surface area contributed by atoms with Gasteiger partial charge in [-0.3, -0.25) is 13.8 Å². The van der Waals surface area contributed by atoms with Gasteiger partial charge in [0.25, 0.3) is 0 Å². The molecule has 0 heterocycles. The SMILES string of the molecule is CC/C=C\C/C=C\C/C=C\C/C=C\C/C=C\CCCCCCOCC(COP(=O)(O)OC1C(O)C(O)C(O)C(O)C1O)OC(=O)CCCCCCCCCCC/C=C\CCCCCCCCCC. The van der Waals surface area contributed by atoms with Crippen molar-refractivity contribution in [1.29, 1.82) is 0 Å². The monoisotopic (exact) mass is 981 g/mol. The highest BCUT2D eigenvalue weighted by atomic mass is 31.2. The lowest BCUT2D eigenvalue weighted by Gasteiger charge is -2.41. The number of carbonyl (C=O) groups excluding carboxylic acids is 1. The molecule has 0 aromatic heterocycles. The summed E-state index contributed by atoms with van der Waals surface area (Å²) < 4.78 is 34.3. The van der Waals surface area contributed by atoms with Gasteiger partial charge in [-0.2, -0.15) is 0 Å². The number of aliphatic hydroxyl groups excluding tert-OH is 5. The fourth-order valence-electron chi connectivity index (χ4n) is 7.85. The maximum absolute atomic E-state index is 12.9. The van der Waals surface area contributed by atoms with Crippen molar-refractivity contribution in [3.63, 3.8) is 0 Å². The van der Waals surface area contributed by atoms with Gasteiger partial charge in [0, 0.05) is 13.0 Å². The Balaban J connectivity index is 2.35. The molecule has 0 radical (unpaired) electrons. The number of rotatable bonds is 45. The molecule has 1 saturated carbocycles. The molecule has 1 aliphatic carbocycles. The lowest BCUT2D eigenvalue weighted by Crippen LogP contribution is -2.64. The number of hydrogen-bond acceptors (Lipinski definition) is 11. The van der Waals surface area contributed by atoms with Gasteiger partial charge in [-0.15, -0.1) is 0 Å². The van der Waals surface area contributed by atoms with Crippen LogP contribution < -0.4 is 0 Å². The van der Waals surface area contributed by atoms with Gasteiger partial charge >= 0.3 is 13.8 Å². The number of esters is 1. The van der Waals surface area contributed by atoms with Crippen molar-refractivity contribution < 1.29 is 58.3 Å². The van der Waals surface area contributed by atoms with Crippen LogP contribution in [-0.4, -0.2) is 98.9 Å². The smallest absolute Gasteiger partial charge is 0.457 e. The Morgan fingerprint density at radius 3 is 1.34 bits per heavy atom. The summed E-state index contributed by atoms with van der Waals surface area (Å²) in [5.41, 5.74) is 0. The fourth-order valence-corrected chi connectivity index (χ4v) is 8.82. The second-order valence-electron chi connectivity index (χ2n) is 18.3. The molecule has 1 fully saturated rings. The van der Waals surface area contributed by atoms with E-state index in [1.807, 2.05) is 0 Å². The zero-order chi connectivity index (χ0) is 49.8. The van der Waals surface area contributed by atoms with Gasteiger partial charge in [-0.05, 0) is 83.5 Å². The minimum atomic E-state index is -5.04. The number of allylic oxidation sites excluding steroid dienone is 12. The second kappa shape index (κ2) is 44.7. The molecular weight excluding hydrogens is 884 g/mol. The standard InChI is InChI=1S/C55H97O12P/c1-3-5-7-9-11-13-15-17-19-21-23-25-26-28-30-32-34-36-38-40-42-44-49(56)66-48(47-65-68(62,63)67-55-53(60)51(58)50(57)52(59)54(55)61)46-64-45-43-41-39-37-35-33-31-29-27-24-22-20-18-16-14-12-10-8-6-4-2/h6,8,12,14,18,20-21,23-24,27,31,33,48,50-55,57-61H,3-5,7,9-11,13,15-17,19,22,25-26,28-30,32,34-47H2,1-2H3,(H,62,63)/b8-6-,14-12-,20-18-,23-21-,27-24-,33-31-. The van der Waals surface area contributed by atoms with Crippen molar-refractivity contribution >= 4 is 13.8 Å². The van der Waals surface area contributed by atoms with Gasteiger partial charge < -0.3 is 39.9 Å². The van der Waals surface area contributed by atoms with Crippen molar-refractivity contribution in [2.45, 2.75) is 249 Å². The zero-order valence-corrected chi connectivity index (χ0v) is 43.3. The highest BCUT2D eigenvalue weighted by Crippen LogP contribution is 2.47. The lowest BCUT2D eigenvalue weighted by molar-refractivity contribution is -0.220. The minimum absolute atomic E-state index is 0.0975. The van der Waals surface area contributed by atoms with Gasteiger partial charge in [-0.25, -0.2) is 4.57 Å². The van der Waals surface area contributed by atoms with Crippen LogP contribution in [0.15, 0.2) is 72.9 Å². The number of carbonyl (C=O) groups is 1. The summed E-state index contributed by atoms with van der Waals surface area (Å²) in [5, 5.41) is 50.4. The first-order valence-electron chi connectivity index (χ1n) is 26.8. The van der Waals surface area contributed by atoms with Crippen molar-refractivity contribution in [2.24, 2.45) is 0 Å². The third-order valence-electron chi connectivity index (χ3n) is 12.1. The van der Waals surface area contributed by atoms with Gasteiger partial charge in [-0.1, -0.05) is 189 Å². The summed E-state index contributed by atoms with van der Waals surface area (Å²) in [5.74, 6) is -0.490. The van der Waals surface area contributed by atoms with Crippen LogP contribution in [0.25, 0.3) is 0 Å². The molecule has 6 unspecified atom stereocenters. The summed E-state index contributed by atoms with van der Waals surface area (Å²) in [4.78, 5) is 23.3. The molecule has 0 aliphatic heterocycles. The Labute approximate surface area is 412 Å². The van der Waals surface area contributed by atoms with Gasteiger partial charge in [0.1, 0.15) is 42.7 Å². The van der Waals surface area contributed by atoms with Crippen LogP contribution in [-0.2, 0) is 27.9 Å². The van der Waals surface area contributed by atoms with Crippen LogP contribution in [0.4, 0.5) is 0 Å². The Bertz CT molecular complexity index is 1400. The number of unbranched alkanes of at least 4 members (excludes halogenated alkanes) is 21. The second-order valence-corrected chi connectivity index (χ2v) is 19.7. The first-order valence-corrected chi connectivity index (χ1v) is 28.3. The van der Waals surface area contributed by atoms with Crippen molar-refractivity contribution in [3.8, 4) is 0 Å². The maximum Gasteiger partial charge on any atom is 0.472 e. The third-order valence-corrected chi connectivity index (χ3v) is 13.0. The van der Waals surface area contributed by atoms with Crippen LogP contribution in [0.2, 0.25) is 0 Å². The summed E-state index contributed by atoms with van der Waals surface area (Å²) in [7, 11) is -5.04. The first-order chi connectivity index (χ1) is 33.0. The molecule has 6 atom stereocenters. The van der Waals surface area contributed by atoms with Crippen LogP contribution >= 0.6 is 7.82 Å². The Morgan fingerprint density at radius 1 is 0.485 bits per heavy atom. The predicted octanol–water partition coefficient (Wildman–Crippen LogP) is 12.3. The summed E-state index contributed by atoms with van der Waals surface area (Å²) >= 11 is 0. The van der Waals surface area contributed by atoms with Crippen LogP contribution in [0, 0.1) is 0 Å². The molecule has 0 saturated heterocycles. The highest BCUT2D eigenvalue weighted by Gasteiger charge is 2.51. The third kappa shape index (κ3) is 35.8. The minimum Gasteiger partial charge on any atom is -0.457 e. The molecule has 12 nitrogen and oxygen atoms in total. The molecule has 0 amide bonds. The normalized spacial score (nSPS) is 21.7. The van der Waals surface area contributed by atoms with Gasteiger partial charge in [0.15, 0.2) is 0 Å². The number of aliphatic hydroxyl groups is 5. The van der Waals surface area contributed by atoms with Crippen LogP contribution in [0.1, 0.15) is 206 Å². The average Bonchev–Trinajstić information content (AvgIpc) is 3.32. The van der Waals surface area contributed by atoms with Crippen molar-refractivity contribution in [3.05, 3.63) is 72.9 Å². The zero-order valence-electron chi connectivity index (χ0n) is 42.4. The summed E-state index contributed by atoms with van der Waals surface area (Å²) in [6.45, 7) is 4.10. The number of ether oxygens (including phenoxy) is 2. The fraction of sp³-hybridized carbons (Fsp3) is 0.764. The van der Waals surface area contributed by atoms with E-state index in [0.717, 1.165) is 83.5 Å². The number of phosphoric acid groups is 1. The molecule has 1 rings (SSSR count). The summed E-state index contributed by atoms with van der Waals surface area (Å²) in [6.07, 6.45) is 46.8. The molecule has 0 aromatic rings. The Morgan fingerprint density at radius 2 is 0.868 bits per heavy atom.